The molecule has 0 saturated heterocycles. The lowest BCUT2D eigenvalue weighted by molar-refractivity contribution is -0.143. The number of nitrogens with one attached hydrogen (secondary N) is 1. The first-order valence-electron chi connectivity index (χ1n) is 10.5. The van der Waals surface area contributed by atoms with Crippen molar-refractivity contribution in [2.24, 2.45) is 0 Å². The van der Waals surface area contributed by atoms with Gasteiger partial charge in [-0.1, -0.05) is 36.4 Å². The number of hydrogen-bond acceptors (Lipinski definition) is 6. The van der Waals surface area contributed by atoms with Crippen molar-refractivity contribution < 1.29 is 28.6 Å². The first-order chi connectivity index (χ1) is 15.7. The number of alkyl carbamates (subject to hydrolysis) is 1. The predicted molar refractivity (Wildman–Crippen MR) is 123 cm³/mol. The summed E-state index contributed by atoms with van der Waals surface area (Å²) in [5.74, 6) is -0.585. The molecular weight excluding hydrogens is 424 g/mol. The van der Waals surface area contributed by atoms with E-state index in [0.29, 0.717) is 5.52 Å². The van der Waals surface area contributed by atoms with Gasteiger partial charge in [-0.25, -0.2) is 14.4 Å². The molecule has 0 bridgehead atoms. The van der Waals surface area contributed by atoms with Gasteiger partial charge in [0.1, 0.15) is 18.2 Å². The number of aromatic nitrogens is 1. The zero-order valence-electron chi connectivity index (χ0n) is 19.2. The fourth-order valence-electron chi connectivity index (χ4n) is 3.27. The van der Waals surface area contributed by atoms with Gasteiger partial charge < -0.3 is 19.5 Å². The molecule has 1 amide bonds. The molecule has 8 heteroatoms. The number of ether oxygens (including phenoxy) is 3. The molecule has 8 nitrogen and oxygen atoms in total. The molecule has 0 unspecified atom stereocenters. The van der Waals surface area contributed by atoms with E-state index in [1.165, 1.54) is 11.7 Å². The van der Waals surface area contributed by atoms with Gasteiger partial charge in [-0.05, 0) is 50.1 Å². The Bertz CT molecular complexity index is 1130. The van der Waals surface area contributed by atoms with Gasteiger partial charge in [0.15, 0.2) is 0 Å². The highest BCUT2D eigenvalue weighted by atomic mass is 16.6. The van der Waals surface area contributed by atoms with E-state index in [1.54, 1.807) is 45.2 Å². The molecule has 1 atom stereocenters. The molecule has 2 aromatic carbocycles. The monoisotopic (exact) mass is 452 g/mol. The number of hydrogen-bond donors (Lipinski definition) is 1. The molecule has 1 heterocycles. The fourth-order valence-corrected chi connectivity index (χ4v) is 3.27. The number of amides is 1. The average molecular weight is 453 g/mol. The smallest absolute Gasteiger partial charge is 0.418 e. The maximum atomic E-state index is 12.4. The zero-order valence-corrected chi connectivity index (χ0v) is 19.2. The van der Waals surface area contributed by atoms with E-state index < -0.39 is 29.8 Å². The van der Waals surface area contributed by atoms with Crippen LogP contribution < -0.4 is 5.32 Å². The highest BCUT2D eigenvalue weighted by Gasteiger charge is 2.24. The minimum atomic E-state index is -0.927. The molecule has 174 valence electrons. The van der Waals surface area contributed by atoms with Crippen LogP contribution in [-0.2, 0) is 32.0 Å². The lowest BCUT2D eigenvalue weighted by atomic mass is 10.0. The Morgan fingerprint density at radius 1 is 1.00 bits per heavy atom. The van der Waals surface area contributed by atoms with Gasteiger partial charge in [-0.2, -0.15) is 0 Å². The van der Waals surface area contributed by atoms with Gasteiger partial charge in [0.05, 0.1) is 12.6 Å². The second kappa shape index (κ2) is 10.2. The molecule has 1 aromatic heterocycles. The van der Waals surface area contributed by atoms with Crippen molar-refractivity contribution in [2.75, 3.05) is 7.11 Å². The van der Waals surface area contributed by atoms with Crippen LogP contribution in [0.15, 0.2) is 60.8 Å². The Kier molecular flexibility index (Phi) is 7.37. The number of nitrogens with zero attached hydrogens (tertiary/aromatic N) is 1. The molecule has 3 aromatic rings. The Morgan fingerprint density at radius 2 is 1.73 bits per heavy atom. The second-order valence-corrected chi connectivity index (χ2v) is 8.55. The maximum absolute atomic E-state index is 12.4. The molecule has 3 rings (SSSR count). The number of benzene rings is 2. The quantitative estimate of drug-likeness (QED) is 0.439. The molecule has 0 saturated carbocycles. The van der Waals surface area contributed by atoms with Gasteiger partial charge in [0, 0.05) is 18.0 Å². The van der Waals surface area contributed by atoms with E-state index in [4.69, 9.17) is 14.2 Å². The first-order valence-corrected chi connectivity index (χ1v) is 10.5. The molecule has 0 aliphatic rings. The largest absolute Gasteiger partial charge is 0.467 e. The highest BCUT2D eigenvalue weighted by Crippen LogP contribution is 2.21. The van der Waals surface area contributed by atoms with Crippen LogP contribution in [0.4, 0.5) is 9.59 Å². The molecule has 0 fully saturated rings. The van der Waals surface area contributed by atoms with Crippen LogP contribution in [0.2, 0.25) is 0 Å². The summed E-state index contributed by atoms with van der Waals surface area (Å²) in [7, 11) is 1.26. The molecule has 0 aliphatic heterocycles. The van der Waals surface area contributed by atoms with Crippen LogP contribution in [0.3, 0.4) is 0 Å². The van der Waals surface area contributed by atoms with Gasteiger partial charge >= 0.3 is 18.2 Å². The average Bonchev–Trinajstić information content (AvgIpc) is 3.20. The first kappa shape index (κ1) is 23.8. The summed E-state index contributed by atoms with van der Waals surface area (Å²) in [6.45, 7) is 5.50. The number of carbonyl (C=O) groups excluding carboxylic acids is 3. The fraction of sp³-hybridized carbons (Fsp3) is 0.320. The topological polar surface area (TPSA) is 95.9 Å². The van der Waals surface area contributed by atoms with E-state index in [9.17, 15) is 14.4 Å². The molecule has 1 N–H and O–H groups in total. The maximum Gasteiger partial charge on any atom is 0.418 e. The van der Waals surface area contributed by atoms with Crippen molar-refractivity contribution in [1.29, 1.82) is 0 Å². The third-order valence-corrected chi connectivity index (χ3v) is 4.78. The summed E-state index contributed by atoms with van der Waals surface area (Å²) >= 11 is 0. The minimum Gasteiger partial charge on any atom is -0.467 e. The summed E-state index contributed by atoms with van der Waals surface area (Å²) in [6, 6.07) is 15.5. The predicted octanol–water partition coefficient (Wildman–Crippen LogP) is 4.44. The number of rotatable bonds is 6. The lowest BCUT2D eigenvalue weighted by Gasteiger charge is -2.20. The van der Waals surface area contributed by atoms with Crippen LogP contribution in [0.5, 0.6) is 0 Å². The molecule has 33 heavy (non-hydrogen) atoms. The molecular formula is C25H28N2O6. The number of esters is 1. The van der Waals surface area contributed by atoms with Crippen LogP contribution >= 0.6 is 0 Å². The minimum absolute atomic E-state index is 0.0880. The third kappa shape index (κ3) is 6.58. The Hall–Kier alpha value is -3.81. The zero-order chi connectivity index (χ0) is 24.0. The van der Waals surface area contributed by atoms with Gasteiger partial charge in [-0.15, -0.1) is 0 Å². The summed E-state index contributed by atoms with van der Waals surface area (Å²) in [6.07, 6.45) is 0.645. The van der Waals surface area contributed by atoms with Gasteiger partial charge in [0.25, 0.3) is 0 Å². The van der Waals surface area contributed by atoms with Crippen molar-refractivity contribution in [1.82, 2.24) is 9.88 Å². The summed E-state index contributed by atoms with van der Waals surface area (Å²) in [5, 5.41) is 3.37. The van der Waals surface area contributed by atoms with Crippen LogP contribution in [0.1, 0.15) is 31.9 Å². The lowest BCUT2D eigenvalue weighted by Crippen LogP contribution is -2.43. The molecule has 0 radical (unpaired) electrons. The van der Waals surface area contributed by atoms with Crippen molar-refractivity contribution in [2.45, 2.75) is 45.4 Å². The summed E-state index contributed by atoms with van der Waals surface area (Å²) < 4.78 is 16.9. The third-order valence-electron chi connectivity index (χ3n) is 4.78. The second-order valence-electron chi connectivity index (χ2n) is 8.55. The van der Waals surface area contributed by atoms with Crippen molar-refractivity contribution in [3.05, 3.63) is 71.9 Å². The normalized spacial score (nSPS) is 12.1. The van der Waals surface area contributed by atoms with E-state index in [0.717, 1.165) is 16.5 Å². The summed E-state index contributed by atoms with van der Waals surface area (Å²) in [5.41, 5.74) is 1.69. The number of fused-ring (bicyclic) bond motifs is 1. The van der Waals surface area contributed by atoms with Crippen molar-refractivity contribution >= 4 is 29.1 Å². The summed E-state index contributed by atoms with van der Waals surface area (Å²) in [4.78, 5) is 36.9. The van der Waals surface area contributed by atoms with Crippen molar-refractivity contribution in [3.63, 3.8) is 0 Å². The number of carbonyl (C=O) groups is 3. The van der Waals surface area contributed by atoms with E-state index in [1.807, 2.05) is 36.4 Å². The SMILES string of the molecule is COC(=O)[C@H](Cc1ccc2c(ccn2C(=O)OC(C)(C)C)c1)NC(=O)OCc1ccccc1. The Labute approximate surface area is 192 Å². The molecule has 0 spiro atoms. The van der Waals surface area contributed by atoms with Crippen LogP contribution in [0.25, 0.3) is 10.9 Å². The van der Waals surface area contributed by atoms with E-state index >= 15 is 0 Å². The Balaban J connectivity index is 1.69. The van der Waals surface area contributed by atoms with Crippen LogP contribution in [-0.4, -0.2) is 41.5 Å². The van der Waals surface area contributed by atoms with E-state index in [-0.39, 0.29) is 13.0 Å². The Morgan fingerprint density at radius 3 is 2.39 bits per heavy atom. The van der Waals surface area contributed by atoms with Gasteiger partial charge in [-0.3, -0.25) is 4.57 Å². The molecule has 0 aliphatic carbocycles. The van der Waals surface area contributed by atoms with Crippen LogP contribution in [0, 0.1) is 0 Å². The van der Waals surface area contributed by atoms with Crippen molar-refractivity contribution in [3.8, 4) is 0 Å². The highest BCUT2D eigenvalue weighted by molar-refractivity contribution is 5.90. The standard InChI is InChI=1S/C25H28N2O6/c1-25(2,3)33-24(30)27-13-12-19-14-18(10-11-21(19)27)15-20(22(28)31-4)26-23(29)32-16-17-8-6-5-7-9-17/h5-14,20H,15-16H2,1-4H3,(H,26,29)/t20-/m0/s1. The van der Waals surface area contributed by atoms with Gasteiger partial charge in [0.2, 0.25) is 0 Å². The van der Waals surface area contributed by atoms with E-state index in [2.05, 4.69) is 5.32 Å². The number of methoxy groups -OCH3 is 1.